The minimum atomic E-state index is -1.99. The van der Waals surface area contributed by atoms with Gasteiger partial charge in [0.1, 0.15) is 12.8 Å². The first-order valence-corrected chi connectivity index (χ1v) is 8.54. The number of carbonyl (C=O) groups is 1. The highest BCUT2D eigenvalue weighted by Gasteiger charge is 2.17. The van der Waals surface area contributed by atoms with Gasteiger partial charge < -0.3 is 9.66 Å². The number of fused-ring (bicyclic) bond motifs is 1. The second-order valence-electron chi connectivity index (χ2n) is 5.56. The molecule has 0 aliphatic heterocycles. The Kier molecular flexibility index (Phi) is 4.42. The lowest BCUT2D eigenvalue weighted by Crippen LogP contribution is -2.33. The predicted molar refractivity (Wildman–Crippen MR) is 92.1 cm³/mol. The molecule has 3 rings (SSSR count). The molecule has 24 heavy (non-hydrogen) atoms. The van der Waals surface area contributed by atoms with Gasteiger partial charge in [-0.2, -0.15) is 4.57 Å². The highest BCUT2D eigenvalue weighted by atomic mass is 32.2. The quantitative estimate of drug-likeness (QED) is 0.434. The van der Waals surface area contributed by atoms with Crippen molar-refractivity contribution in [2.75, 3.05) is 0 Å². The van der Waals surface area contributed by atoms with Crippen molar-refractivity contribution in [1.29, 1.82) is 0 Å². The predicted octanol–water partition coefficient (Wildman–Crippen LogP) is 2.57. The van der Waals surface area contributed by atoms with Crippen molar-refractivity contribution < 1.29 is 23.2 Å². The van der Waals surface area contributed by atoms with Gasteiger partial charge in [-0.05, 0) is 35.4 Å². The molecule has 0 aliphatic carbocycles. The molecule has 122 valence electrons. The van der Waals surface area contributed by atoms with Gasteiger partial charge >= 0.3 is 0 Å². The van der Waals surface area contributed by atoms with E-state index in [1.54, 1.807) is 23.7 Å². The SMILES string of the molecule is C[n+]1cc(-c2cc(O)cc(CS(=O)O)c2)c2ccccc2c1C=O. The average Bonchev–Trinajstić information content (AvgIpc) is 2.53. The molecule has 5 nitrogen and oxygen atoms in total. The van der Waals surface area contributed by atoms with E-state index >= 15 is 0 Å². The summed E-state index contributed by atoms with van der Waals surface area (Å²) < 4.78 is 21.9. The van der Waals surface area contributed by atoms with Crippen LogP contribution >= 0.6 is 0 Å². The zero-order valence-corrected chi connectivity index (χ0v) is 13.8. The fraction of sp³-hybridized carbons (Fsp3) is 0.111. The van der Waals surface area contributed by atoms with E-state index in [1.807, 2.05) is 30.5 Å². The van der Waals surface area contributed by atoms with Crippen LogP contribution in [0.5, 0.6) is 5.75 Å². The Hall–Kier alpha value is -2.57. The van der Waals surface area contributed by atoms with Crippen molar-refractivity contribution in [2.24, 2.45) is 7.05 Å². The molecule has 1 unspecified atom stereocenters. The maximum absolute atomic E-state index is 11.4. The number of nitrogens with zero attached hydrogens (tertiary/aromatic N) is 1. The van der Waals surface area contributed by atoms with Gasteiger partial charge in [-0.3, -0.25) is 4.79 Å². The first-order chi connectivity index (χ1) is 11.5. The van der Waals surface area contributed by atoms with E-state index in [1.165, 1.54) is 6.07 Å². The van der Waals surface area contributed by atoms with Gasteiger partial charge in [0.25, 0.3) is 5.69 Å². The van der Waals surface area contributed by atoms with E-state index in [2.05, 4.69) is 0 Å². The molecule has 1 heterocycles. The van der Waals surface area contributed by atoms with Gasteiger partial charge in [-0.15, -0.1) is 0 Å². The second-order valence-corrected chi connectivity index (χ2v) is 6.49. The summed E-state index contributed by atoms with van der Waals surface area (Å²) in [4.78, 5) is 11.4. The number of hydrogen-bond acceptors (Lipinski definition) is 3. The minimum absolute atomic E-state index is 0.0270. The number of benzene rings is 2. The molecule has 0 aliphatic rings. The first-order valence-electron chi connectivity index (χ1n) is 7.27. The summed E-state index contributed by atoms with van der Waals surface area (Å²) in [6.45, 7) is 0. The maximum atomic E-state index is 11.4. The fourth-order valence-electron chi connectivity index (χ4n) is 2.90. The Bertz CT molecular complexity index is 969. The van der Waals surface area contributed by atoms with Crippen LogP contribution in [0.15, 0.2) is 48.7 Å². The number of aldehydes is 1. The molecule has 0 radical (unpaired) electrons. The van der Waals surface area contributed by atoms with Crippen LogP contribution in [0, 0.1) is 0 Å². The molecule has 2 N–H and O–H groups in total. The van der Waals surface area contributed by atoms with E-state index in [0.717, 1.165) is 28.2 Å². The third-order valence-electron chi connectivity index (χ3n) is 3.89. The summed E-state index contributed by atoms with van der Waals surface area (Å²) in [5, 5.41) is 11.6. The van der Waals surface area contributed by atoms with E-state index in [0.29, 0.717) is 11.3 Å². The number of phenols is 1. The molecule has 0 fully saturated rings. The lowest BCUT2D eigenvalue weighted by Gasteiger charge is -2.09. The van der Waals surface area contributed by atoms with Crippen molar-refractivity contribution in [3.05, 3.63) is 59.9 Å². The molecular weight excluding hydrogens is 326 g/mol. The minimum Gasteiger partial charge on any atom is -0.508 e. The molecule has 1 aromatic heterocycles. The van der Waals surface area contributed by atoms with Crippen molar-refractivity contribution in [3.8, 4) is 16.9 Å². The molecule has 0 bridgehead atoms. The summed E-state index contributed by atoms with van der Waals surface area (Å²) in [6, 6.07) is 12.4. The van der Waals surface area contributed by atoms with Crippen LogP contribution in [0.3, 0.4) is 0 Å². The number of carbonyl (C=O) groups excluding carboxylic acids is 1. The Morgan fingerprint density at radius 3 is 2.54 bits per heavy atom. The molecule has 0 amide bonds. The zero-order chi connectivity index (χ0) is 17.3. The van der Waals surface area contributed by atoms with Crippen molar-refractivity contribution in [2.45, 2.75) is 5.75 Å². The summed E-state index contributed by atoms with van der Waals surface area (Å²) >= 11 is -1.99. The number of aryl methyl sites for hydroxylation is 1. The molecule has 3 aromatic rings. The highest BCUT2D eigenvalue weighted by Crippen LogP contribution is 2.31. The molecule has 0 spiro atoms. The van der Waals surface area contributed by atoms with Crippen LogP contribution in [0.1, 0.15) is 16.1 Å². The molecule has 2 aromatic carbocycles. The lowest BCUT2D eigenvalue weighted by molar-refractivity contribution is -0.671. The normalized spacial score (nSPS) is 12.2. The molecule has 0 saturated heterocycles. The standard InChI is InChI=1S/C18H15NO4S/c1-19-9-17(15-4-2-3-5-16(15)18(19)10-20)13-6-12(11-24(22)23)7-14(21)8-13/h2-10H,11H2,1H3,(H-,21,22,23)/p+1. The number of aromatic hydroxyl groups is 1. The maximum Gasteiger partial charge on any atom is 0.253 e. The topological polar surface area (TPSA) is 78.5 Å². The Labute approximate surface area is 141 Å². The number of phenolic OH excluding ortho intramolecular Hbond substituents is 1. The summed E-state index contributed by atoms with van der Waals surface area (Å²) in [5.41, 5.74) is 2.68. The smallest absolute Gasteiger partial charge is 0.253 e. The summed E-state index contributed by atoms with van der Waals surface area (Å²) in [5.74, 6) is -0.0307. The Morgan fingerprint density at radius 1 is 1.17 bits per heavy atom. The lowest BCUT2D eigenvalue weighted by atomic mass is 9.97. The summed E-state index contributed by atoms with van der Waals surface area (Å²) in [6.07, 6.45) is 2.63. The number of aromatic nitrogens is 1. The van der Waals surface area contributed by atoms with E-state index in [9.17, 15) is 14.1 Å². The Morgan fingerprint density at radius 2 is 1.88 bits per heavy atom. The van der Waals surface area contributed by atoms with Crippen LogP contribution in [0.4, 0.5) is 0 Å². The van der Waals surface area contributed by atoms with Gasteiger partial charge in [0, 0.05) is 5.39 Å². The van der Waals surface area contributed by atoms with Crippen LogP contribution in [-0.2, 0) is 23.9 Å². The first kappa shape index (κ1) is 16.3. The fourth-order valence-corrected chi connectivity index (χ4v) is 3.35. The number of hydrogen-bond donors (Lipinski definition) is 2. The van der Waals surface area contributed by atoms with E-state index in [-0.39, 0.29) is 11.5 Å². The van der Waals surface area contributed by atoms with Gasteiger partial charge in [-0.1, -0.05) is 18.2 Å². The summed E-state index contributed by atoms with van der Waals surface area (Å²) in [7, 11) is 1.78. The van der Waals surface area contributed by atoms with Crippen LogP contribution < -0.4 is 4.57 Å². The average molecular weight is 342 g/mol. The monoisotopic (exact) mass is 342 g/mol. The van der Waals surface area contributed by atoms with Gasteiger partial charge in [0.15, 0.2) is 17.3 Å². The highest BCUT2D eigenvalue weighted by molar-refractivity contribution is 7.78. The van der Waals surface area contributed by atoms with Gasteiger partial charge in [0.2, 0.25) is 6.29 Å². The number of pyridine rings is 1. The number of rotatable bonds is 4. The molecule has 0 saturated carbocycles. The van der Waals surface area contributed by atoms with Crippen LogP contribution in [0.2, 0.25) is 0 Å². The third-order valence-corrected chi connectivity index (χ3v) is 4.47. The van der Waals surface area contributed by atoms with Crippen LogP contribution in [0.25, 0.3) is 21.9 Å². The van der Waals surface area contributed by atoms with Crippen LogP contribution in [-0.4, -0.2) is 20.2 Å². The largest absolute Gasteiger partial charge is 0.508 e. The second kappa shape index (κ2) is 6.51. The molecule has 6 heteroatoms. The van der Waals surface area contributed by atoms with Crippen molar-refractivity contribution in [1.82, 2.24) is 0 Å². The van der Waals surface area contributed by atoms with Gasteiger partial charge in [-0.25, -0.2) is 4.21 Å². The zero-order valence-electron chi connectivity index (χ0n) is 13.0. The van der Waals surface area contributed by atoms with Crippen molar-refractivity contribution in [3.63, 3.8) is 0 Å². The van der Waals surface area contributed by atoms with E-state index in [4.69, 9.17) is 4.55 Å². The van der Waals surface area contributed by atoms with Gasteiger partial charge in [0.05, 0.1) is 16.7 Å². The third kappa shape index (κ3) is 3.06. The molecular formula is C18H16NO4S+. The molecule has 1 atom stereocenters. The van der Waals surface area contributed by atoms with E-state index < -0.39 is 11.1 Å². The van der Waals surface area contributed by atoms with Crippen molar-refractivity contribution >= 4 is 28.1 Å². The Balaban J connectivity index is 2.29.